The van der Waals surface area contributed by atoms with Gasteiger partial charge < -0.3 is 9.53 Å². The van der Waals surface area contributed by atoms with Gasteiger partial charge >= 0.3 is 5.97 Å². The minimum absolute atomic E-state index is 0.131. The minimum atomic E-state index is -0.217. The van der Waals surface area contributed by atoms with E-state index in [2.05, 4.69) is 4.74 Å². The van der Waals surface area contributed by atoms with E-state index in [4.69, 9.17) is 0 Å². The first-order valence-corrected chi connectivity index (χ1v) is 4.02. The van der Waals surface area contributed by atoms with Gasteiger partial charge in [-0.25, -0.2) is 0 Å². The van der Waals surface area contributed by atoms with Crippen molar-refractivity contribution in [2.75, 3.05) is 7.11 Å². The summed E-state index contributed by atoms with van der Waals surface area (Å²) >= 11 is 0. The predicted octanol–water partition coefficient (Wildman–Crippen LogP) is 1.55. The zero-order valence-corrected chi connectivity index (χ0v) is 7.92. The van der Waals surface area contributed by atoms with Crippen LogP contribution in [0.25, 0.3) is 0 Å². The predicted molar refractivity (Wildman–Crippen MR) is 45.7 cm³/mol. The number of ether oxygens (including phenoxy) is 1. The molecular formula is C9H16O3. The normalized spacial score (nSPS) is 10.9. The lowest BCUT2D eigenvalue weighted by atomic mass is 9.85. The smallest absolute Gasteiger partial charge is 0.306 e. The Hall–Kier alpha value is -0.860. The van der Waals surface area contributed by atoms with E-state index in [1.54, 1.807) is 0 Å². The van der Waals surface area contributed by atoms with Crippen molar-refractivity contribution in [3.8, 4) is 0 Å². The Morgan fingerprint density at radius 3 is 2.50 bits per heavy atom. The van der Waals surface area contributed by atoms with Gasteiger partial charge in [0.05, 0.1) is 13.5 Å². The molecule has 0 unspecified atom stereocenters. The van der Waals surface area contributed by atoms with E-state index < -0.39 is 0 Å². The Bertz CT molecular complexity index is 161. The second-order valence-electron chi connectivity index (χ2n) is 3.62. The number of carbonyl (C=O) groups is 2. The Morgan fingerprint density at radius 2 is 2.08 bits per heavy atom. The molecule has 0 rings (SSSR count). The van der Waals surface area contributed by atoms with Crippen LogP contribution in [0.4, 0.5) is 0 Å². The summed E-state index contributed by atoms with van der Waals surface area (Å²) in [5.74, 6) is -0.217. The fourth-order valence-corrected chi connectivity index (χ4v) is 1.00. The molecular weight excluding hydrogens is 156 g/mol. The molecule has 0 saturated carbocycles. The topological polar surface area (TPSA) is 43.4 Å². The zero-order valence-electron chi connectivity index (χ0n) is 7.92. The van der Waals surface area contributed by atoms with Crippen LogP contribution in [0.2, 0.25) is 0 Å². The number of rotatable bonds is 5. The van der Waals surface area contributed by atoms with Gasteiger partial charge in [-0.1, -0.05) is 13.8 Å². The number of methoxy groups -OCH3 is 1. The Labute approximate surface area is 73.1 Å². The summed E-state index contributed by atoms with van der Waals surface area (Å²) in [6.07, 6.45) is 2.48. The van der Waals surface area contributed by atoms with Crippen LogP contribution < -0.4 is 0 Å². The molecule has 0 saturated heterocycles. The molecule has 0 spiro atoms. The summed E-state index contributed by atoms with van der Waals surface area (Å²) in [6.45, 7) is 3.90. The van der Waals surface area contributed by atoms with Crippen LogP contribution in [-0.2, 0) is 14.3 Å². The van der Waals surface area contributed by atoms with Gasteiger partial charge in [0.2, 0.25) is 0 Å². The third-order valence-electron chi connectivity index (χ3n) is 1.79. The van der Waals surface area contributed by atoms with Crippen LogP contribution in [0, 0.1) is 5.41 Å². The van der Waals surface area contributed by atoms with Gasteiger partial charge in [-0.15, -0.1) is 0 Å². The number of hydrogen-bond acceptors (Lipinski definition) is 3. The largest absolute Gasteiger partial charge is 0.469 e. The summed E-state index contributed by atoms with van der Waals surface area (Å²) in [6, 6.07) is 0. The van der Waals surface area contributed by atoms with Crippen molar-refractivity contribution in [2.24, 2.45) is 5.41 Å². The molecule has 12 heavy (non-hydrogen) atoms. The van der Waals surface area contributed by atoms with Crippen LogP contribution in [0.3, 0.4) is 0 Å². The van der Waals surface area contributed by atoms with Crippen molar-refractivity contribution in [3.05, 3.63) is 0 Å². The first-order valence-electron chi connectivity index (χ1n) is 4.02. The fraction of sp³-hybridized carbons (Fsp3) is 0.778. The highest BCUT2D eigenvalue weighted by Gasteiger charge is 2.21. The molecule has 0 aromatic heterocycles. The molecule has 3 heteroatoms. The molecule has 0 N–H and O–H groups in total. The summed E-state index contributed by atoms with van der Waals surface area (Å²) < 4.78 is 4.54. The molecule has 0 fully saturated rings. The van der Waals surface area contributed by atoms with E-state index in [1.165, 1.54) is 7.11 Å². The van der Waals surface area contributed by atoms with Gasteiger partial charge in [-0.05, 0) is 11.8 Å². The monoisotopic (exact) mass is 172 g/mol. The summed E-state index contributed by atoms with van der Waals surface area (Å²) in [7, 11) is 1.37. The number of aldehydes is 1. The van der Waals surface area contributed by atoms with Crippen LogP contribution in [0.15, 0.2) is 0 Å². The lowest BCUT2D eigenvalue weighted by Gasteiger charge is -2.21. The van der Waals surface area contributed by atoms with Crippen molar-refractivity contribution in [3.63, 3.8) is 0 Å². The maximum Gasteiger partial charge on any atom is 0.306 e. The summed E-state index contributed by atoms with van der Waals surface area (Å²) in [4.78, 5) is 21.0. The van der Waals surface area contributed by atoms with Crippen LogP contribution in [-0.4, -0.2) is 19.4 Å². The van der Waals surface area contributed by atoms with Gasteiger partial charge in [0.25, 0.3) is 0 Å². The highest BCUT2D eigenvalue weighted by atomic mass is 16.5. The van der Waals surface area contributed by atoms with Crippen LogP contribution in [0.5, 0.6) is 0 Å². The van der Waals surface area contributed by atoms with Gasteiger partial charge in [-0.3, -0.25) is 4.79 Å². The van der Waals surface area contributed by atoms with E-state index in [-0.39, 0.29) is 11.4 Å². The molecule has 70 valence electrons. The second-order valence-corrected chi connectivity index (χ2v) is 3.62. The van der Waals surface area contributed by atoms with E-state index in [0.717, 1.165) is 12.7 Å². The molecule has 0 radical (unpaired) electrons. The molecule has 3 nitrogen and oxygen atoms in total. The standard InChI is InChI=1S/C9H16O3/c1-9(2,5-4-6-10)7-8(11)12-3/h6H,4-5,7H2,1-3H3. The summed E-state index contributed by atoms with van der Waals surface area (Å²) in [5, 5.41) is 0. The maximum atomic E-state index is 10.9. The summed E-state index contributed by atoms with van der Waals surface area (Å²) in [5.41, 5.74) is -0.131. The highest BCUT2D eigenvalue weighted by Crippen LogP contribution is 2.26. The molecule has 0 aromatic rings. The third-order valence-corrected chi connectivity index (χ3v) is 1.79. The first-order chi connectivity index (χ1) is 5.52. The second kappa shape index (κ2) is 4.91. The third kappa shape index (κ3) is 4.88. The zero-order chi connectivity index (χ0) is 9.61. The Morgan fingerprint density at radius 1 is 1.50 bits per heavy atom. The van der Waals surface area contributed by atoms with E-state index in [0.29, 0.717) is 12.8 Å². The van der Waals surface area contributed by atoms with E-state index >= 15 is 0 Å². The molecule has 0 aliphatic rings. The maximum absolute atomic E-state index is 10.9. The molecule has 0 aliphatic heterocycles. The SMILES string of the molecule is COC(=O)CC(C)(C)CCC=O. The number of carbonyl (C=O) groups excluding carboxylic acids is 2. The van der Waals surface area contributed by atoms with Crippen LogP contribution >= 0.6 is 0 Å². The minimum Gasteiger partial charge on any atom is -0.469 e. The quantitative estimate of drug-likeness (QED) is 0.467. The highest BCUT2D eigenvalue weighted by molar-refractivity contribution is 5.70. The number of esters is 1. The van der Waals surface area contributed by atoms with Gasteiger partial charge in [0.15, 0.2) is 0 Å². The van der Waals surface area contributed by atoms with Crippen LogP contribution in [0.1, 0.15) is 33.1 Å². The van der Waals surface area contributed by atoms with Gasteiger partial charge in [0.1, 0.15) is 6.29 Å². The molecule has 0 heterocycles. The average Bonchev–Trinajstić information content (AvgIpc) is 2.00. The Kier molecular flexibility index (Phi) is 4.55. The van der Waals surface area contributed by atoms with Gasteiger partial charge in [-0.2, -0.15) is 0 Å². The molecule has 0 atom stereocenters. The Balaban J connectivity index is 3.85. The molecule has 0 bridgehead atoms. The van der Waals surface area contributed by atoms with Crippen molar-refractivity contribution in [2.45, 2.75) is 33.1 Å². The van der Waals surface area contributed by atoms with E-state index in [1.807, 2.05) is 13.8 Å². The lowest BCUT2D eigenvalue weighted by molar-refractivity contribution is -0.143. The van der Waals surface area contributed by atoms with Crippen molar-refractivity contribution >= 4 is 12.3 Å². The van der Waals surface area contributed by atoms with Crippen molar-refractivity contribution in [1.29, 1.82) is 0 Å². The lowest BCUT2D eigenvalue weighted by Crippen LogP contribution is -2.18. The van der Waals surface area contributed by atoms with Crippen molar-refractivity contribution < 1.29 is 14.3 Å². The number of hydrogen-bond donors (Lipinski definition) is 0. The molecule has 0 aliphatic carbocycles. The average molecular weight is 172 g/mol. The van der Waals surface area contributed by atoms with E-state index in [9.17, 15) is 9.59 Å². The van der Waals surface area contributed by atoms with Gasteiger partial charge in [0, 0.05) is 6.42 Å². The molecule has 0 aromatic carbocycles. The fourth-order valence-electron chi connectivity index (χ4n) is 1.00. The first kappa shape index (κ1) is 11.1. The molecule has 0 amide bonds. The van der Waals surface area contributed by atoms with Crippen molar-refractivity contribution in [1.82, 2.24) is 0 Å².